The van der Waals surface area contributed by atoms with Crippen LogP contribution >= 0.6 is 0 Å². The van der Waals surface area contributed by atoms with Crippen molar-refractivity contribution < 1.29 is 8.78 Å². The maximum absolute atomic E-state index is 14.8. The van der Waals surface area contributed by atoms with Gasteiger partial charge in [-0.2, -0.15) is 0 Å². The Balaban J connectivity index is 1.56. The van der Waals surface area contributed by atoms with Gasteiger partial charge >= 0.3 is 0 Å². The summed E-state index contributed by atoms with van der Waals surface area (Å²) < 4.78 is 32.7. The quantitative estimate of drug-likeness (QED) is 0.465. The molecule has 0 spiro atoms. The second kappa shape index (κ2) is 8.27. The molecule has 0 amide bonds. The number of nitrogens with zero attached hydrogens (tertiary/aromatic N) is 6. The van der Waals surface area contributed by atoms with E-state index in [-0.39, 0.29) is 5.56 Å². The number of benzene rings is 2. The molecule has 1 aliphatic rings. The molecule has 0 saturated carbocycles. The molecule has 0 N–H and O–H groups in total. The van der Waals surface area contributed by atoms with E-state index in [0.29, 0.717) is 31.4 Å². The first kappa shape index (κ1) is 20.5. The van der Waals surface area contributed by atoms with Crippen molar-refractivity contribution in [3.05, 3.63) is 95.1 Å². The first-order valence-corrected chi connectivity index (χ1v) is 10.7. The van der Waals surface area contributed by atoms with E-state index >= 15 is 0 Å². The van der Waals surface area contributed by atoms with E-state index in [1.165, 1.54) is 11.6 Å². The van der Waals surface area contributed by atoms with E-state index in [9.17, 15) is 8.78 Å². The van der Waals surface area contributed by atoms with Gasteiger partial charge in [0.1, 0.15) is 17.7 Å². The van der Waals surface area contributed by atoms with Crippen LogP contribution in [0.5, 0.6) is 0 Å². The first-order valence-electron chi connectivity index (χ1n) is 10.7. The summed E-state index contributed by atoms with van der Waals surface area (Å²) in [6, 6.07) is 13.1. The molecule has 32 heavy (non-hydrogen) atoms. The molecule has 164 valence electrons. The SMILES string of the molecule is CC(C)c1cn(-c2ccccc2)cc1CN1CCn2nnnc2C1c1cc(F)ccc1F. The van der Waals surface area contributed by atoms with Crippen LogP contribution < -0.4 is 0 Å². The average Bonchev–Trinajstić information content (AvgIpc) is 3.43. The van der Waals surface area contributed by atoms with Crippen molar-refractivity contribution in [3.8, 4) is 5.69 Å². The summed E-state index contributed by atoms with van der Waals surface area (Å²) >= 11 is 0. The van der Waals surface area contributed by atoms with Crippen LogP contribution in [0.4, 0.5) is 8.78 Å². The van der Waals surface area contributed by atoms with Gasteiger partial charge in [0.25, 0.3) is 0 Å². The van der Waals surface area contributed by atoms with Crippen molar-refractivity contribution in [1.82, 2.24) is 29.7 Å². The number of hydrogen-bond acceptors (Lipinski definition) is 4. The van der Waals surface area contributed by atoms with Gasteiger partial charge in [-0.25, -0.2) is 13.5 Å². The summed E-state index contributed by atoms with van der Waals surface area (Å²) in [7, 11) is 0. The lowest BCUT2D eigenvalue weighted by molar-refractivity contribution is 0.160. The molecule has 0 saturated heterocycles. The molecule has 0 aliphatic carbocycles. The minimum atomic E-state index is -0.575. The Hall–Kier alpha value is -3.39. The van der Waals surface area contributed by atoms with Crippen LogP contribution in [0.15, 0.2) is 60.9 Å². The highest BCUT2D eigenvalue weighted by atomic mass is 19.1. The number of fused-ring (bicyclic) bond motifs is 1. The summed E-state index contributed by atoms with van der Waals surface area (Å²) in [5, 5.41) is 12.0. The lowest BCUT2D eigenvalue weighted by atomic mass is 9.98. The van der Waals surface area contributed by atoms with E-state index in [1.54, 1.807) is 4.68 Å². The largest absolute Gasteiger partial charge is 0.323 e. The zero-order valence-corrected chi connectivity index (χ0v) is 18.0. The Labute approximate surface area is 185 Å². The van der Waals surface area contributed by atoms with E-state index in [2.05, 4.69) is 63.4 Å². The van der Waals surface area contributed by atoms with E-state index < -0.39 is 17.7 Å². The van der Waals surface area contributed by atoms with Gasteiger partial charge in [-0.1, -0.05) is 32.0 Å². The minimum Gasteiger partial charge on any atom is -0.323 e. The van der Waals surface area contributed by atoms with Crippen molar-refractivity contribution >= 4 is 0 Å². The molecular weight excluding hydrogens is 410 g/mol. The zero-order chi connectivity index (χ0) is 22.2. The fourth-order valence-corrected chi connectivity index (χ4v) is 4.44. The summed E-state index contributed by atoms with van der Waals surface area (Å²) in [5.74, 6) is -0.114. The standard InChI is InChI=1S/C24H24F2N6/c1-16(2)21-15-31(19-6-4-3-5-7-19)14-17(21)13-30-10-11-32-24(27-28-29-32)23(30)20-12-18(25)8-9-22(20)26/h3-9,12,14-16,23H,10-11,13H2,1-2H3. The Bertz CT molecular complexity index is 1230. The highest BCUT2D eigenvalue weighted by Gasteiger charge is 2.34. The van der Waals surface area contributed by atoms with Crippen LogP contribution in [0.2, 0.25) is 0 Å². The molecule has 1 aliphatic heterocycles. The van der Waals surface area contributed by atoms with Crippen molar-refractivity contribution in [3.63, 3.8) is 0 Å². The highest BCUT2D eigenvalue weighted by molar-refractivity contribution is 5.38. The van der Waals surface area contributed by atoms with Crippen molar-refractivity contribution in [2.45, 2.75) is 38.9 Å². The van der Waals surface area contributed by atoms with Gasteiger partial charge in [-0.05, 0) is 57.8 Å². The van der Waals surface area contributed by atoms with Gasteiger partial charge in [0.05, 0.1) is 6.54 Å². The second-order valence-electron chi connectivity index (χ2n) is 8.44. The number of tetrazole rings is 1. The number of halogens is 2. The smallest absolute Gasteiger partial charge is 0.173 e. The molecule has 0 fully saturated rings. The molecular formula is C24H24F2N6. The Morgan fingerprint density at radius 3 is 2.62 bits per heavy atom. The van der Waals surface area contributed by atoms with Crippen molar-refractivity contribution in [2.24, 2.45) is 0 Å². The molecule has 6 nitrogen and oxygen atoms in total. The van der Waals surface area contributed by atoms with Crippen molar-refractivity contribution in [1.29, 1.82) is 0 Å². The summed E-state index contributed by atoms with van der Waals surface area (Å²) in [4.78, 5) is 2.13. The molecule has 1 unspecified atom stereocenters. The molecule has 2 aromatic heterocycles. The second-order valence-corrected chi connectivity index (χ2v) is 8.44. The first-order chi connectivity index (χ1) is 15.5. The molecule has 4 aromatic rings. The normalized spacial score (nSPS) is 16.5. The summed E-state index contributed by atoms with van der Waals surface area (Å²) in [6.45, 7) is 6.10. The van der Waals surface area contributed by atoms with Crippen LogP contribution in [0, 0.1) is 11.6 Å². The number of aromatic nitrogens is 5. The topological polar surface area (TPSA) is 51.8 Å². The Morgan fingerprint density at radius 2 is 1.84 bits per heavy atom. The lowest BCUT2D eigenvalue weighted by Gasteiger charge is -2.35. The van der Waals surface area contributed by atoms with E-state index in [1.807, 2.05) is 18.2 Å². The summed E-state index contributed by atoms with van der Waals surface area (Å²) in [6.07, 6.45) is 4.28. The van der Waals surface area contributed by atoms with Crippen LogP contribution in [0.1, 0.15) is 48.3 Å². The van der Waals surface area contributed by atoms with Crippen molar-refractivity contribution in [2.75, 3.05) is 6.54 Å². The monoisotopic (exact) mass is 434 g/mol. The summed E-state index contributed by atoms with van der Waals surface area (Å²) in [5.41, 5.74) is 3.69. The Morgan fingerprint density at radius 1 is 1.03 bits per heavy atom. The van der Waals surface area contributed by atoms with Gasteiger partial charge in [-0.15, -0.1) is 5.10 Å². The molecule has 0 bridgehead atoms. The fourth-order valence-electron chi connectivity index (χ4n) is 4.44. The zero-order valence-electron chi connectivity index (χ0n) is 18.0. The van der Waals surface area contributed by atoms with Gasteiger partial charge in [0, 0.05) is 36.7 Å². The third-order valence-electron chi connectivity index (χ3n) is 6.01. The lowest BCUT2D eigenvalue weighted by Crippen LogP contribution is -2.39. The maximum atomic E-state index is 14.8. The number of rotatable bonds is 5. The molecule has 5 rings (SSSR count). The van der Waals surface area contributed by atoms with Gasteiger partial charge < -0.3 is 4.57 Å². The third-order valence-corrected chi connectivity index (χ3v) is 6.01. The molecule has 0 radical (unpaired) electrons. The van der Waals surface area contributed by atoms with Crippen LogP contribution in [0.3, 0.4) is 0 Å². The molecule has 8 heteroatoms. The fraction of sp³-hybridized carbons (Fsp3) is 0.292. The number of para-hydroxylation sites is 1. The van der Waals surface area contributed by atoms with Crippen LogP contribution in [-0.2, 0) is 13.1 Å². The molecule has 1 atom stereocenters. The van der Waals surface area contributed by atoms with Gasteiger partial charge in [0.15, 0.2) is 5.82 Å². The predicted octanol–water partition coefficient (Wildman–Crippen LogP) is 4.47. The minimum absolute atomic E-state index is 0.245. The highest BCUT2D eigenvalue weighted by Crippen LogP contribution is 2.35. The predicted molar refractivity (Wildman–Crippen MR) is 116 cm³/mol. The molecule has 2 aromatic carbocycles. The van der Waals surface area contributed by atoms with Crippen LogP contribution in [0.25, 0.3) is 5.69 Å². The van der Waals surface area contributed by atoms with E-state index in [0.717, 1.165) is 23.4 Å². The van der Waals surface area contributed by atoms with Gasteiger partial charge in [0.2, 0.25) is 0 Å². The third kappa shape index (κ3) is 3.71. The number of hydrogen-bond donors (Lipinski definition) is 0. The molecule has 3 heterocycles. The Kier molecular flexibility index (Phi) is 5.30. The van der Waals surface area contributed by atoms with Crippen LogP contribution in [-0.4, -0.2) is 36.2 Å². The van der Waals surface area contributed by atoms with E-state index in [4.69, 9.17) is 0 Å². The average molecular weight is 434 g/mol. The maximum Gasteiger partial charge on any atom is 0.173 e. The van der Waals surface area contributed by atoms with Gasteiger partial charge in [-0.3, -0.25) is 4.90 Å².